The van der Waals surface area contributed by atoms with Gasteiger partial charge in [0.05, 0.1) is 12.3 Å². The largest absolute Gasteiger partial charge is 0.332 e. The fourth-order valence-electron chi connectivity index (χ4n) is 3.60. The van der Waals surface area contributed by atoms with Crippen molar-refractivity contribution in [1.29, 1.82) is 0 Å². The van der Waals surface area contributed by atoms with E-state index in [1.807, 2.05) is 49.4 Å². The van der Waals surface area contributed by atoms with E-state index < -0.39 is 12.1 Å². The van der Waals surface area contributed by atoms with E-state index in [2.05, 4.69) is 5.10 Å². The molecule has 148 valence electrons. The lowest BCUT2D eigenvalue weighted by molar-refractivity contribution is -0.136. The van der Waals surface area contributed by atoms with Crippen molar-refractivity contribution in [2.45, 2.75) is 26.3 Å². The topological polar surface area (TPSA) is 73.3 Å². The Morgan fingerprint density at radius 1 is 1.07 bits per heavy atom. The standard InChI is InChI=1S/C22H22N4O3/c1-15-8-10-18(11-9-15)26-16(2)21(28)24(22(26)29)14-20(27)25-13-12-19(23-25)17-6-4-3-5-7-17/h3-11,16H,12-14H2,1-2H3/t16-/m0/s1. The van der Waals surface area contributed by atoms with Gasteiger partial charge < -0.3 is 0 Å². The molecule has 0 bridgehead atoms. The van der Waals surface area contributed by atoms with Crippen LogP contribution in [0.4, 0.5) is 10.5 Å². The Morgan fingerprint density at radius 3 is 2.45 bits per heavy atom. The lowest BCUT2D eigenvalue weighted by atomic mass is 10.1. The molecular weight excluding hydrogens is 368 g/mol. The highest BCUT2D eigenvalue weighted by Crippen LogP contribution is 2.26. The molecule has 1 saturated heterocycles. The Hall–Kier alpha value is -3.48. The number of urea groups is 1. The van der Waals surface area contributed by atoms with Gasteiger partial charge in [-0.1, -0.05) is 48.0 Å². The Balaban J connectivity index is 1.48. The lowest BCUT2D eigenvalue weighted by Crippen LogP contribution is -2.41. The number of imide groups is 1. The molecule has 1 fully saturated rings. The number of amides is 4. The van der Waals surface area contributed by atoms with Crippen LogP contribution in [-0.2, 0) is 9.59 Å². The molecule has 7 nitrogen and oxygen atoms in total. The van der Waals surface area contributed by atoms with Crippen LogP contribution in [0.15, 0.2) is 59.7 Å². The van der Waals surface area contributed by atoms with Gasteiger partial charge in [-0.15, -0.1) is 0 Å². The summed E-state index contributed by atoms with van der Waals surface area (Å²) >= 11 is 0. The summed E-state index contributed by atoms with van der Waals surface area (Å²) in [5.41, 5.74) is 3.50. The summed E-state index contributed by atoms with van der Waals surface area (Å²) in [6, 6.07) is 15.9. The van der Waals surface area contributed by atoms with E-state index in [0.717, 1.165) is 21.7 Å². The van der Waals surface area contributed by atoms with Crippen molar-refractivity contribution in [3.05, 3.63) is 65.7 Å². The minimum absolute atomic E-state index is 0.310. The molecule has 0 aliphatic carbocycles. The molecule has 0 N–H and O–H groups in total. The number of hydrogen-bond acceptors (Lipinski definition) is 4. The van der Waals surface area contributed by atoms with Crippen molar-refractivity contribution in [2.24, 2.45) is 5.10 Å². The van der Waals surface area contributed by atoms with Gasteiger partial charge in [-0.2, -0.15) is 5.10 Å². The minimum Gasteiger partial charge on any atom is -0.282 e. The molecule has 0 saturated carbocycles. The first-order chi connectivity index (χ1) is 14.0. The van der Waals surface area contributed by atoms with E-state index in [0.29, 0.717) is 18.7 Å². The highest BCUT2D eigenvalue weighted by molar-refractivity contribution is 6.15. The van der Waals surface area contributed by atoms with Gasteiger partial charge in [-0.05, 0) is 31.5 Å². The molecule has 4 rings (SSSR count). The zero-order valence-electron chi connectivity index (χ0n) is 16.4. The number of anilines is 1. The van der Waals surface area contributed by atoms with E-state index >= 15 is 0 Å². The van der Waals surface area contributed by atoms with Gasteiger partial charge in [0.15, 0.2) is 0 Å². The van der Waals surface area contributed by atoms with Crippen LogP contribution in [0.3, 0.4) is 0 Å². The summed E-state index contributed by atoms with van der Waals surface area (Å²) in [5.74, 6) is -0.744. The van der Waals surface area contributed by atoms with E-state index in [1.165, 1.54) is 9.91 Å². The molecule has 0 spiro atoms. The highest BCUT2D eigenvalue weighted by Gasteiger charge is 2.44. The van der Waals surface area contributed by atoms with E-state index in [-0.39, 0.29) is 18.4 Å². The van der Waals surface area contributed by atoms with E-state index in [9.17, 15) is 14.4 Å². The van der Waals surface area contributed by atoms with Crippen molar-refractivity contribution >= 4 is 29.2 Å². The van der Waals surface area contributed by atoms with Crippen LogP contribution in [0, 0.1) is 6.92 Å². The second-order valence-corrected chi connectivity index (χ2v) is 7.27. The number of aryl methyl sites for hydroxylation is 1. The van der Waals surface area contributed by atoms with Gasteiger partial charge in [0.1, 0.15) is 12.6 Å². The molecule has 2 aromatic carbocycles. The van der Waals surface area contributed by atoms with Crippen LogP contribution in [0.25, 0.3) is 0 Å². The van der Waals surface area contributed by atoms with Gasteiger partial charge in [0.25, 0.3) is 11.8 Å². The van der Waals surface area contributed by atoms with Gasteiger partial charge in [-0.25, -0.2) is 9.80 Å². The molecule has 2 aromatic rings. The third-order valence-electron chi connectivity index (χ3n) is 5.25. The summed E-state index contributed by atoms with van der Waals surface area (Å²) in [7, 11) is 0. The summed E-state index contributed by atoms with van der Waals surface area (Å²) in [6.07, 6.45) is 0.642. The van der Waals surface area contributed by atoms with E-state index in [4.69, 9.17) is 0 Å². The first-order valence-electron chi connectivity index (χ1n) is 9.60. The lowest BCUT2D eigenvalue weighted by Gasteiger charge is -2.20. The zero-order valence-corrected chi connectivity index (χ0v) is 16.4. The van der Waals surface area contributed by atoms with Crippen molar-refractivity contribution in [1.82, 2.24) is 9.91 Å². The van der Waals surface area contributed by atoms with Crippen LogP contribution in [-0.4, -0.2) is 52.6 Å². The molecule has 4 amide bonds. The third kappa shape index (κ3) is 3.51. The molecular formula is C22H22N4O3. The number of carbonyl (C=O) groups is 3. The fourth-order valence-corrected chi connectivity index (χ4v) is 3.60. The minimum atomic E-state index is -0.653. The molecule has 7 heteroatoms. The number of hydrogen-bond donors (Lipinski definition) is 0. The van der Waals surface area contributed by atoms with Crippen LogP contribution >= 0.6 is 0 Å². The third-order valence-corrected chi connectivity index (χ3v) is 5.25. The summed E-state index contributed by atoms with van der Waals surface area (Å²) in [4.78, 5) is 40.7. The zero-order chi connectivity index (χ0) is 20.5. The second kappa shape index (κ2) is 7.50. The Morgan fingerprint density at radius 2 is 1.76 bits per heavy atom. The number of nitrogens with zero attached hydrogens (tertiary/aromatic N) is 4. The maximum absolute atomic E-state index is 12.9. The maximum atomic E-state index is 12.9. The molecule has 2 aliphatic rings. The first-order valence-corrected chi connectivity index (χ1v) is 9.60. The smallest absolute Gasteiger partial charge is 0.282 e. The Labute approximate surface area is 169 Å². The monoisotopic (exact) mass is 390 g/mol. The molecule has 0 unspecified atom stereocenters. The molecule has 29 heavy (non-hydrogen) atoms. The average Bonchev–Trinajstić information content (AvgIpc) is 3.30. The summed E-state index contributed by atoms with van der Waals surface area (Å²) in [5, 5.41) is 5.74. The summed E-state index contributed by atoms with van der Waals surface area (Å²) in [6.45, 7) is 3.76. The second-order valence-electron chi connectivity index (χ2n) is 7.27. The van der Waals surface area contributed by atoms with Crippen molar-refractivity contribution in [3.63, 3.8) is 0 Å². The first kappa shape index (κ1) is 18.9. The van der Waals surface area contributed by atoms with Gasteiger partial charge in [0.2, 0.25) is 0 Å². The molecule has 2 aliphatic heterocycles. The average molecular weight is 390 g/mol. The Kier molecular flexibility index (Phi) is 4.88. The molecule has 0 aromatic heterocycles. The van der Waals surface area contributed by atoms with Crippen LogP contribution in [0.2, 0.25) is 0 Å². The highest BCUT2D eigenvalue weighted by atomic mass is 16.2. The Bertz CT molecular complexity index is 985. The van der Waals surface area contributed by atoms with Crippen LogP contribution in [0.1, 0.15) is 24.5 Å². The van der Waals surface area contributed by atoms with Gasteiger partial charge >= 0.3 is 6.03 Å². The van der Waals surface area contributed by atoms with Crippen molar-refractivity contribution in [2.75, 3.05) is 18.0 Å². The normalized spacial score (nSPS) is 19.2. The molecule has 1 atom stereocenters. The predicted molar refractivity (Wildman–Crippen MR) is 110 cm³/mol. The van der Waals surface area contributed by atoms with Crippen LogP contribution < -0.4 is 4.90 Å². The molecule has 2 heterocycles. The van der Waals surface area contributed by atoms with Gasteiger partial charge in [-0.3, -0.25) is 19.4 Å². The number of hydrazone groups is 1. The maximum Gasteiger partial charge on any atom is 0.332 e. The molecule has 0 radical (unpaired) electrons. The SMILES string of the molecule is Cc1ccc(N2C(=O)N(CC(=O)N3CCC(c4ccccc4)=N3)C(=O)[C@@H]2C)cc1. The van der Waals surface area contributed by atoms with E-state index in [1.54, 1.807) is 19.1 Å². The number of carbonyl (C=O) groups excluding carboxylic acids is 3. The number of rotatable bonds is 4. The van der Waals surface area contributed by atoms with Crippen molar-refractivity contribution in [3.8, 4) is 0 Å². The fraction of sp³-hybridized carbons (Fsp3) is 0.273. The number of benzene rings is 2. The predicted octanol–water partition coefficient (Wildman–Crippen LogP) is 2.79. The quantitative estimate of drug-likeness (QED) is 0.754. The van der Waals surface area contributed by atoms with Gasteiger partial charge in [0, 0.05) is 12.1 Å². The van der Waals surface area contributed by atoms with Crippen molar-refractivity contribution < 1.29 is 14.4 Å². The summed E-state index contributed by atoms with van der Waals surface area (Å²) < 4.78 is 0. The van der Waals surface area contributed by atoms with Crippen LogP contribution in [0.5, 0.6) is 0 Å².